The third kappa shape index (κ3) is 6.44. The van der Waals surface area contributed by atoms with E-state index in [1.807, 2.05) is 24.3 Å². The minimum Gasteiger partial charge on any atom is -0.494 e. The Bertz CT molecular complexity index is 391. The van der Waals surface area contributed by atoms with Gasteiger partial charge in [-0.05, 0) is 37.1 Å². The van der Waals surface area contributed by atoms with Crippen LogP contribution in [0.2, 0.25) is 0 Å². The fraction of sp³-hybridized carbons (Fsp3) is 0.455. The van der Waals surface area contributed by atoms with Gasteiger partial charge in [0, 0.05) is 0 Å². The van der Waals surface area contributed by atoms with Crippen molar-refractivity contribution in [3.63, 3.8) is 0 Å². The SMILES string of the molecule is NCCc1cccc(OCCCP(=O)(O)O)c1. The Morgan fingerprint density at radius 3 is 2.76 bits per heavy atom. The summed E-state index contributed by atoms with van der Waals surface area (Å²) >= 11 is 0. The summed E-state index contributed by atoms with van der Waals surface area (Å²) in [7, 11) is -3.90. The third-order valence-corrected chi connectivity index (χ3v) is 3.09. The second-order valence-electron chi connectivity index (χ2n) is 3.78. The quantitative estimate of drug-likeness (QED) is 0.504. The minimum atomic E-state index is -3.90. The maximum absolute atomic E-state index is 10.6. The largest absolute Gasteiger partial charge is 0.494 e. The summed E-state index contributed by atoms with van der Waals surface area (Å²) in [6.07, 6.45) is 0.987. The van der Waals surface area contributed by atoms with E-state index in [4.69, 9.17) is 20.3 Å². The molecule has 96 valence electrons. The average Bonchev–Trinajstić information content (AvgIpc) is 2.24. The van der Waals surface area contributed by atoms with Gasteiger partial charge in [-0.1, -0.05) is 12.1 Å². The van der Waals surface area contributed by atoms with Crippen molar-refractivity contribution in [1.82, 2.24) is 0 Å². The Labute approximate surface area is 101 Å². The van der Waals surface area contributed by atoms with Crippen molar-refractivity contribution in [1.29, 1.82) is 0 Å². The molecule has 0 aliphatic carbocycles. The topological polar surface area (TPSA) is 92.8 Å². The molecule has 0 aliphatic heterocycles. The van der Waals surface area contributed by atoms with Crippen LogP contribution in [0.15, 0.2) is 24.3 Å². The normalized spacial score (nSPS) is 11.5. The summed E-state index contributed by atoms with van der Waals surface area (Å²) in [6, 6.07) is 7.56. The molecule has 0 atom stereocenters. The summed E-state index contributed by atoms with van der Waals surface area (Å²) < 4.78 is 16.0. The fourth-order valence-electron chi connectivity index (χ4n) is 1.42. The van der Waals surface area contributed by atoms with Crippen LogP contribution >= 0.6 is 7.60 Å². The van der Waals surface area contributed by atoms with E-state index < -0.39 is 7.60 Å². The zero-order valence-electron chi connectivity index (χ0n) is 9.58. The van der Waals surface area contributed by atoms with Crippen LogP contribution in [-0.2, 0) is 11.0 Å². The number of benzene rings is 1. The molecule has 0 bridgehead atoms. The van der Waals surface area contributed by atoms with Gasteiger partial charge in [-0.3, -0.25) is 4.57 Å². The van der Waals surface area contributed by atoms with Crippen LogP contribution in [0.4, 0.5) is 0 Å². The van der Waals surface area contributed by atoms with Gasteiger partial charge in [0.15, 0.2) is 0 Å². The molecule has 17 heavy (non-hydrogen) atoms. The van der Waals surface area contributed by atoms with Crippen LogP contribution in [0, 0.1) is 0 Å². The van der Waals surface area contributed by atoms with Gasteiger partial charge in [0.1, 0.15) is 5.75 Å². The van der Waals surface area contributed by atoms with Crippen LogP contribution in [-0.4, -0.2) is 29.1 Å². The molecule has 1 aromatic carbocycles. The molecule has 0 saturated carbocycles. The maximum atomic E-state index is 10.6. The highest BCUT2D eigenvalue weighted by atomic mass is 31.2. The van der Waals surface area contributed by atoms with Crippen molar-refractivity contribution >= 4 is 7.60 Å². The van der Waals surface area contributed by atoms with Crippen LogP contribution in [0.1, 0.15) is 12.0 Å². The zero-order chi connectivity index (χ0) is 12.7. The maximum Gasteiger partial charge on any atom is 0.325 e. The molecule has 0 spiro atoms. The first kappa shape index (κ1) is 14.2. The van der Waals surface area contributed by atoms with Crippen LogP contribution in [0.25, 0.3) is 0 Å². The predicted octanol–water partition coefficient (Wildman–Crippen LogP) is 1.13. The highest BCUT2D eigenvalue weighted by Gasteiger charge is 2.11. The molecule has 0 fully saturated rings. The first-order valence-corrected chi connectivity index (χ1v) is 7.27. The van der Waals surface area contributed by atoms with E-state index in [9.17, 15) is 4.57 Å². The van der Waals surface area contributed by atoms with Gasteiger partial charge in [-0.2, -0.15) is 0 Å². The molecule has 0 unspecified atom stereocenters. The predicted molar refractivity (Wildman–Crippen MR) is 66.2 cm³/mol. The van der Waals surface area contributed by atoms with Crippen LogP contribution in [0.5, 0.6) is 5.75 Å². The van der Waals surface area contributed by atoms with E-state index in [-0.39, 0.29) is 6.16 Å². The van der Waals surface area contributed by atoms with Crippen molar-refractivity contribution in [3.8, 4) is 5.75 Å². The molecule has 6 heteroatoms. The molecule has 0 saturated heterocycles. The zero-order valence-corrected chi connectivity index (χ0v) is 10.5. The monoisotopic (exact) mass is 259 g/mol. The Hall–Kier alpha value is -0.870. The average molecular weight is 259 g/mol. The Morgan fingerprint density at radius 2 is 2.12 bits per heavy atom. The van der Waals surface area contributed by atoms with Crippen molar-refractivity contribution in [3.05, 3.63) is 29.8 Å². The van der Waals surface area contributed by atoms with Gasteiger partial charge >= 0.3 is 7.60 Å². The highest BCUT2D eigenvalue weighted by molar-refractivity contribution is 7.51. The number of ether oxygens (including phenoxy) is 1. The van der Waals surface area contributed by atoms with Gasteiger partial charge in [0.2, 0.25) is 0 Å². The molecule has 0 radical (unpaired) electrons. The standard InChI is InChI=1S/C11H18NO4P/c12-6-5-10-3-1-4-11(9-10)16-7-2-8-17(13,14)15/h1,3-4,9H,2,5-8,12H2,(H2,13,14,15). The van der Waals surface area contributed by atoms with E-state index in [2.05, 4.69) is 0 Å². The number of hydrogen-bond donors (Lipinski definition) is 3. The summed E-state index contributed by atoms with van der Waals surface area (Å²) in [6.45, 7) is 0.888. The van der Waals surface area contributed by atoms with E-state index in [0.29, 0.717) is 25.3 Å². The molecule has 0 aliphatic rings. The lowest BCUT2D eigenvalue weighted by molar-refractivity contribution is 0.309. The molecule has 4 N–H and O–H groups in total. The number of rotatable bonds is 7. The van der Waals surface area contributed by atoms with E-state index in [0.717, 1.165) is 12.0 Å². The molecule has 0 amide bonds. The summed E-state index contributed by atoms with van der Waals surface area (Å²) in [5, 5.41) is 0. The first-order chi connectivity index (χ1) is 8.01. The minimum absolute atomic E-state index is 0.143. The second-order valence-corrected chi connectivity index (χ2v) is 5.55. The van der Waals surface area contributed by atoms with Crippen molar-refractivity contribution in [2.45, 2.75) is 12.8 Å². The van der Waals surface area contributed by atoms with Gasteiger partial charge in [0.25, 0.3) is 0 Å². The van der Waals surface area contributed by atoms with Crippen LogP contribution < -0.4 is 10.5 Å². The third-order valence-electron chi connectivity index (χ3n) is 2.19. The summed E-state index contributed by atoms with van der Waals surface area (Å²) in [5.41, 5.74) is 6.55. The molecular formula is C11H18NO4P. The summed E-state index contributed by atoms with van der Waals surface area (Å²) in [5.74, 6) is 0.710. The van der Waals surface area contributed by atoms with Crippen molar-refractivity contribution in [2.75, 3.05) is 19.3 Å². The van der Waals surface area contributed by atoms with Gasteiger partial charge in [-0.15, -0.1) is 0 Å². The molecule has 5 nitrogen and oxygen atoms in total. The Balaban J connectivity index is 2.36. The van der Waals surface area contributed by atoms with E-state index >= 15 is 0 Å². The lowest BCUT2D eigenvalue weighted by atomic mass is 10.1. The number of nitrogens with two attached hydrogens (primary N) is 1. The molecule has 1 aromatic rings. The lowest BCUT2D eigenvalue weighted by Crippen LogP contribution is -2.04. The van der Waals surface area contributed by atoms with Crippen molar-refractivity contribution in [2.24, 2.45) is 5.73 Å². The Kier molecular flexibility index (Phi) is 5.65. The second kappa shape index (κ2) is 6.77. The van der Waals surface area contributed by atoms with Gasteiger partial charge in [0.05, 0.1) is 12.8 Å². The molecular weight excluding hydrogens is 241 g/mol. The first-order valence-electron chi connectivity index (χ1n) is 5.47. The fourth-order valence-corrected chi connectivity index (χ4v) is 1.96. The molecule has 1 rings (SSSR count). The Morgan fingerprint density at radius 1 is 1.35 bits per heavy atom. The van der Waals surface area contributed by atoms with Crippen LogP contribution in [0.3, 0.4) is 0 Å². The van der Waals surface area contributed by atoms with E-state index in [1.165, 1.54) is 0 Å². The summed E-state index contributed by atoms with van der Waals surface area (Å²) in [4.78, 5) is 17.3. The molecule has 0 aromatic heterocycles. The van der Waals surface area contributed by atoms with Gasteiger partial charge < -0.3 is 20.3 Å². The van der Waals surface area contributed by atoms with E-state index in [1.54, 1.807) is 0 Å². The van der Waals surface area contributed by atoms with Crippen molar-refractivity contribution < 1.29 is 19.1 Å². The molecule has 0 heterocycles. The highest BCUT2D eigenvalue weighted by Crippen LogP contribution is 2.34. The smallest absolute Gasteiger partial charge is 0.325 e. The number of hydrogen-bond acceptors (Lipinski definition) is 3. The van der Waals surface area contributed by atoms with Gasteiger partial charge in [-0.25, -0.2) is 0 Å². The lowest BCUT2D eigenvalue weighted by Gasteiger charge is -2.08.